The molecule has 1 aromatic heterocycles. The molecule has 9 nitrogen and oxygen atoms in total. The largest absolute Gasteiger partial charge is 0.573 e. The maximum Gasteiger partial charge on any atom is 0.573 e. The van der Waals surface area contributed by atoms with Crippen molar-refractivity contribution in [2.45, 2.75) is 44.9 Å². The Bertz CT molecular complexity index is 1190. The van der Waals surface area contributed by atoms with Crippen LogP contribution in [0.15, 0.2) is 29.2 Å². The van der Waals surface area contributed by atoms with Gasteiger partial charge >= 0.3 is 12.3 Å². The van der Waals surface area contributed by atoms with Crippen molar-refractivity contribution in [1.29, 1.82) is 0 Å². The molecule has 0 saturated carbocycles. The van der Waals surface area contributed by atoms with Gasteiger partial charge in [-0.3, -0.25) is 4.79 Å². The van der Waals surface area contributed by atoms with Crippen molar-refractivity contribution in [1.82, 2.24) is 9.29 Å². The minimum absolute atomic E-state index is 0.0582. The molecule has 2 heterocycles. The van der Waals surface area contributed by atoms with Crippen molar-refractivity contribution >= 4 is 27.6 Å². The first-order valence-corrected chi connectivity index (χ1v) is 12.3. The Balaban J connectivity index is 1.76. The number of rotatable bonds is 7. The highest BCUT2D eigenvalue weighted by Gasteiger charge is 2.38. The number of nitrogens with zero attached hydrogens (tertiary/aromatic N) is 1. The van der Waals surface area contributed by atoms with Gasteiger partial charge in [0.25, 0.3) is 0 Å². The van der Waals surface area contributed by atoms with Gasteiger partial charge in [-0.2, -0.15) is 4.31 Å². The maximum atomic E-state index is 13.5. The quantitative estimate of drug-likeness (QED) is 0.541. The van der Waals surface area contributed by atoms with E-state index in [4.69, 9.17) is 4.74 Å². The molecule has 1 aromatic carbocycles. The molecule has 1 aliphatic heterocycles. The van der Waals surface area contributed by atoms with Crippen LogP contribution in [0.1, 0.15) is 41.5 Å². The van der Waals surface area contributed by atoms with Crippen LogP contribution >= 0.6 is 0 Å². The van der Waals surface area contributed by atoms with Gasteiger partial charge in [0.15, 0.2) is 0 Å². The van der Waals surface area contributed by atoms with Gasteiger partial charge in [0.2, 0.25) is 15.9 Å². The van der Waals surface area contributed by atoms with E-state index in [1.54, 1.807) is 20.8 Å². The van der Waals surface area contributed by atoms with Gasteiger partial charge in [0.05, 0.1) is 12.5 Å². The van der Waals surface area contributed by atoms with Crippen LogP contribution in [0.5, 0.6) is 5.75 Å². The van der Waals surface area contributed by atoms with Crippen LogP contribution in [0, 0.1) is 19.8 Å². The van der Waals surface area contributed by atoms with Gasteiger partial charge in [-0.05, 0) is 57.9 Å². The summed E-state index contributed by atoms with van der Waals surface area (Å²) in [6, 6.07) is 4.64. The molecule has 1 fully saturated rings. The summed E-state index contributed by atoms with van der Waals surface area (Å²) in [5, 5.41) is 2.60. The number of anilines is 1. The molecule has 0 spiro atoms. The number of sulfonamides is 1. The number of carbonyl (C=O) groups excluding carboxylic acids is 2. The zero-order chi connectivity index (χ0) is 26.0. The summed E-state index contributed by atoms with van der Waals surface area (Å²) < 4.78 is 73.9. The lowest BCUT2D eigenvalue weighted by Gasteiger charge is -2.31. The zero-order valence-corrected chi connectivity index (χ0v) is 20.2. The number of esters is 1. The van der Waals surface area contributed by atoms with Crippen molar-refractivity contribution in [2.24, 2.45) is 5.92 Å². The van der Waals surface area contributed by atoms with Gasteiger partial charge in [-0.1, -0.05) is 0 Å². The van der Waals surface area contributed by atoms with Crippen LogP contribution in [-0.2, 0) is 19.6 Å². The van der Waals surface area contributed by atoms with E-state index in [2.05, 4.69) is 15.0 Å². The smallest absolute Gasteiger partial charge is 0.462 e. The SMILES string of the molecule is CCOC(=O)c1c(C)[nH]c(C)c1S(=O)(=O)N1CCC[C@@H](C(=O)Nc2ccc(OC(F)(F)F)cc2)C1. The number of alkyl halides is 3. The van der Waals surface area contributed by atoms with Crippen molar-refractivity contribution in [3.63, 3.8) is 0 Å². The molecular formula is C22H26F3N3O6S. The van der Waals surface area contributed by atoms with E-state index in [1.165, 1.54) is 16.4 Å². The number of aromatic nitrogens is 1. The average molecular weight is 518 g/mol. The Morgan fingerprint density at radius 1 is 1.17 bits per heavy atom. The number of ether oxygens (including phenoxy) is 2. The van der Waals surface area contributed by atoms with Crippen molar-refractivity contribution in [2.75, 3.05) is 25.0 Å². The highest BCUT2D eigenvalue weighted by atomic mass is 32.2. The Hall–Kier alpha value is -3.06. The molecule has 2 N–H and O–H groups in total. The van der Waals surface area contributed by atoms with Crippen molar-refractivity contribution in [3.8, 4) is 5.75 Å². The second kappa shape index (κ2) is 10.3. The normalized spacial score (nSPS) is 17.1. The number of H-pyrrole nitrogens is 1. The molecule has 1 saturated heterocycles. The van der Waals surface area contributed by atoms with Gasteiger partial charge < -0.3 is 19.8 Å². The number of halogens is 3. The summed E-state index contributed by atoms with van der Waals surface area (Å²) in [4.78, 5) is 28.0. The number of aryl methyl sites for hydroxylation is 2. The van der Waals surface area contributed by atoms with Crippen LogP contribution < -0.4 is 10.1 Å². The standard InChI is InChI=1S/C22H26F3N3O6S/c1-4-33-21(30)18-13(2)26-14(3)19(18)35(31,32)28-11-5-6-15(12-28)20(29)27-16-7-9-17(10-8-16)34-22(23,24)25/h7-10,15,26H,4-6,11-12H2,1-3H3,(H,27,29)/t15-/m1/s1. The minimum Gasteiger partial charge on any atom is -0.462 e. The van der Waals surface area contributed by atoms with E-state index in [9.17, 15) is 31.2 Å². The first-order valence-electron chi connectivity index (χ1n) is 10.9. The summed E-state index contributed by atoms with van der Waals surface area (Å²) in [5.41, 5.74) is 0.838. The second-order valence-electron chi connectivity index (χ2n) is 8.06. The third kappa shape index (κ3) is 6.14. The highest BCUT2D eigenvalue weighted by molar-refractivity contribution is 7.89. The van der Waals surface area contributed by atoms with Crippen LogP contribution in [0.3, 0.4) is 0 Å². The van der Waals surface area contributed by atoms with E-state index < -0.39 is 39.9 Å². The lowest BCUT2D eigenvalue weighted by Crippen LogP contribution is -2.44. The Labute approximate surface area is 200 Å². The fourth-order valence-corrected chi connectivity index (χ4v) is 5.95. The number of benzene rings is 1. The first kappa shape index (κ1) is 26.5. The molecule has 1 aliphatic rings. The Morgan fingerprint density at radius 2 is 1.83 bits per heavy atom. The summed E-state index contributed by atoms with van der Waals surface area (Å²) in [6.45, 7) is 4.87. The maximum absolute atomic E-state index is 13.5. The Kier molecular flexibility index (Phi) is 7.80. The molecule has 13 heteroatoms. The van der Waals surface area contributed by atoms with Gasteiger partial charge in [0.1, 0.15) is 16.2 Å². The third-order valence-electron chi connectivity index (χ3n) is 5.51. The average Bonchev–Trinajstić information content (AvgIpc) is 3.08. The van der Waals surface area contributed by atoms with E-state index >= 15 is 0 Å². The number of hydrogen-bond acceptors (Lipinski definition) is 6. The molecule has 0 aliphatic carbocycles. The summed E-state index contributed by atoms with van der Waals surface area (Å²) in [5.74, 6) is -2.35. The van der Waals surface area contributed by atoms with Crippen molar-refractivity contribution < 1.29 is 40.7 Å². The van der Waals surface area contributed by atoms with Crippen molar-refractivity contribution in [3.05, 3.63) is 41.2 Å². The molecule has 2 aromatic rings. The fraction of sp³-hybridized carbons (Fsp3) is 0.455. The lowest BCUT2D eigenvalue weighted by molar-refractivity contribution is -0.274. The molecular weight excluding hydrogens is 491 g/mol. The monoisotopic (exact) mass is 517 g/mol. The van der Waals surface area contributed by atoms with Crippen LogP contribution in [0.25, 0.3) is 0 Å². The van der Waals surface area contributed by atoms with E-state index in [1.807, 2.05) is 0 Å². The predicted molar refractivity (Wildman–Crippen MR) is 119 cm³/mol. The number of aromatic amines is 1. The number of amides is 1. The zero-order valence-electron chi connectivity index (χ0n) is 19.4. The van der Waals surface area contributed by atoms with E-state index in [0.717, 1.165) is 12.1 Å². The second-order valence-corrected chi connectivity index (χ2v) is 9.94. The van der Waals surface area contributed by atoms with E-state index in [-0.39, 0.29) is 35.8 Å². The van der Waals surface area contributed by atoms with Gasteiger partial charge in [-0.15, -0.1) is 13.2 Å². The summed E-state index contributed by atoms with van der Waals surface area (Å²) in [6.07, 6.45) is -4.00. The molecule has 0 unspecified atom stereocenters. The third-order valence-corrected chi connectivity index (χ3v) is 7.54. The summed E-state index contributed by atoms with van der Waals surface area (Å²) in [7, 11) is -4.13. The topological polar surface area (TPSA) is 118 Å². The molecule has 0 radical (unpaired) electrons. The van der Waals surface area contributed by atoms with Gasteiger partial charge in [-0.25, -0.2) is 13.2 Å². The number of nitrogens with one attached hydrogen (secondary N) is 2. The molecule has 1 amide bonds. The molecule has 0 bridgehead atoms. The fourth-order valence-electron chi connectivity index (χ4n) is 4.02. The number of hydrogen-bond donors (Lipinski definition) is 2. The van der Waals surface area contributed by atoms with Crippen LogP contribution in [0.2, 0.25) is 0 Å². The first-order chi connectivity index (χ1) is 16.3. The van der Waals surface area contributed by atoms with Gasteiger partial charge in [0, 0.05) is 30.2 Å². The van der Waals surface area contributed by atoms with E-state index in [0.29, 0.717) is 24.2 Å². The summed E-state index contributed by atoms with van der Waals surface area (Å²) >= 11 is 0. The van der Waals surface area contributed by atoms with Crippen LogP contribution in [-0.4, -0.2) is 55.6 Å². The predicted octanol–water partition coefficient (Wildman–Crippen LogP) is 3.75. The highest BCUT2D eigenvalue weighted by Crippen LogP contribution is 2.31. The number of carbonyl (C=O) groups is 2. The molecule has 192 valence electrons. The van der Waals surface area contributed by atoms with Crippen LogP contribution in [0.4, 0.5) is 18.9 Å². The molecule has 1 atom stereocenters. The number of piperidine rings is 1. The molecule has 35 heavy (non-hydrogen) atoms. The molecule has 3 rings (SSSR count). The Morgan fingerprint density at radius 3 is 2.43 bits per heavy atom. The lowest BCUT2D eigenvalue weighted by atomic mass is 9.99. The minimum atomic E-state index is -4.83.